The van der Waals surface area contributed by atoms with Gasteiger partial charge in [0.25, 0.3) is 0 Å². The van der Waals surface area contributed by atoms with Crippen LogP contribution in [0.15, 0.2) is 16.6 Å². The van der Waals surface area contributed by atoms with Crippen LogP contribution >= 0.6 is 15.9 Å². The summed E-state index contributed by atoms with van der Waals surface area (Å²) in [6, 6.07) is 3.33. The molecule has 2 N–H and O–H groups in total. The molecule has 0 atom stereocenters. The van der Waals surface area contributed by atoms with Crippen molar-refractivity contribution in [2.45, 2.75) is 38.9 Å². The Morgan fingerprint density at radius 3 is 2.00 bits per heavy atom. The molecule has 1 aromatic rings. The van der Waals surface area contributed by atoms with Gasteiger partial charge in [-0.2, -0.15) is 0 Å². The number of methoxy groups -OCH3 is 2. The molecule has 0 fully saturated rings. The molecule has 0 amide bonds. The molecule has 0 aromatic heterocycles. The molecule has 0 spiro atoms. The summed E-state index contributed by atoms with van der Waals surface area (Å²) in [6.07, 6.45) is 0. The number of hydrogen-bond donors (Lipinski definition) is 2. The highest BCUT2D eigenvalue weighted by atomic mass is 79.9. The van der Waals surface area contributed by atoms with Crippen molar-refractivity contribution >= 4 is 28.5 Å². The molecule has 5 nitrogen and oxygen atoms in total. The largest absolute Gasteiger partial charge is 0.497 e. The Balaban J connectivity index is 3.13. The zero-order valence-electron chi connectivity index (χ0n) is 13.2. The van der Waals surface area contributed by atoms with E-state index in [1.165, 1.54) is 7.11 Å². The SMILES string of the molecule is COc1cc(OC)c(B(O)OC(C)(C)C(C)(C)O)cc1Br. The molecule has 0 aliphatic carbocycles. The molecule has 0 saturated heterocycles. The van der Waals surface area contributed by atoms with E-state index < -0.39 is 18.3 Å². The summed E-state index contributed by atoms with van der Waals surface area (Å²) in [7, 11) is 1.80. The van der Waals surface area contributed by atoms with E-state index in [0.717, 1.165) is 0 Å². The van der Waals surface area contributed by atoms with E-state index in [1.807, 2.05) is 0 Å². The second-order valence-corrected chi connectivity index (χ2v) is 6.62. The highest BCUT2D eigenvalue weighted by molar-refractivity contribution is 9.10. The van der Waals surface area contributed by atoms with Crippen molar-refractivity contribution in [1.82, 2.24) is 0 Å². The summed E-state index contributed by atoms with van der Waals surface area (Å²) < 4.78 is 16.7. The van der Waals surface area contributed by atoms with E-state index in [1.54, 1.807) is 46.9 Å². The number of aliphatic hydroxyl groups is 1. The first kappa shape index (κ1) is 18.3. The number of rotatable bonds is 6. The minimum atomic E-state index is -1.25. The van der Waals surface area contributed by atoms with Crippen LogP contribution < -0.4 is 14.9 Å². The maximum absolute atomic E-state index is 10.3. The molecule has 118 valence electrons. The second kappa shape index (κ2) is 6.56. The predicted molar refractivity (Wildman–Crippen MR) is 86.3 cm³/mol. The first-order chi connectivity index (χ1) is 9.53. The quantitative estimate of drug-likeness (QED) is 0.756. The molecule has 1 rings (SSSR count). The van der Waals surface area contributed by atoms with Gasteiger partial charge >= 0.3 is 7.12 Å². The average Bonchev–Trinajstić information content (AvgIpc) is 2.36. The first-order valence-corrected chi connectivity index (χ1v) is 7.32. The van der Waals surface area contributed by atoms with Crippen LogP contribution in [-0.2, 0) is 4.65 Å². The van der Waals surface area contributed by atoms with Gasteiger partial charge in [-0.3, -0.25) is 0 Å². The van der Waals surface area contributed by atoms with E-state index in [-0.39, 0.29) is 0 Å². The maximum Gasteiger partial charge on any atom is 0.495 e. The van der Waals surface area contributed by atoms with Crippen molar-refractivity contribution in [3.05, 3.63) is 16.6 Å². The van der Waals surface area contributed by atoms with Crippen LogP contribution in [0.1, 0.15) is 27.7 Å². The zero-order valence-corrected chi connectivity index (χ0v) is 14.8. The van der Waals surface area contributed by atoms with Crippen LogP contribution in [0.25, 0.3) is 0 Å². The molecule has 0 bridgehead atoms. The number of benzene rings is 1. The van der Waals surface area contributed by atoms with Gasteiger partial charge in [0.1, 0.15) is 11.5 Å². The summed E-state index contributed by atoms with van der Waals surface area (Å²) in [6.45, 7) is 6.67. The topological polar surface area (TPSA) is 68.2 Å². The van der Waals surface area contributed by atoms with Gasteiger partial charge in [-0.05, 0) is 49.7 Å². The van der Waals surface area contributed by atoms with Crippen molar-refractivity contribution < 1.29 is 24.3 Å². The Kier molecular flexibility index (Phi) is 5.72. The predicted octanol–water partition coefficient (Wildman–Crippen LogP) is 1.72. The third kappa shape index (κ3) is 4.13. The molecule has 0 unspecified atom stereocenters. The maximum atomic E-state index is 10.3. The van der Waals surface area contributed by atoms with Crippen molar-refractivity contribution in [2.75, 3.05) is 14.2 Å². The van der Waals surface area contributed by atoms with E-state index in [0.29, 0.717) is 21.4 Å². The minimum absolute atomic E-state index is 0.439. The molecule has 1 aromatic carbocycles. The second-order valence-electron chi connectivity index (χ2n) is 5.77. The fourth-order valence-electron chi connectivity index (χ4n) is 1.56. The fourth-order valence-corrected chi connectivity index (χ4v) is 2.09. The highest BCUT2D eigenvalue weighted by Crippen LogP contribution is 2.30. The van der Waals surface area contributed by atoms with Crippen molar-refractivity contribution in [2.24, 2.45) is 0 Å². The summed E-state index contributed by atoms with van der Waals surface area (Å²) >= 11 is 3.36. The van der Waals surface area contributed by atoms with Crippen LogP contribution in [-0.4, -0.2) is 42.7 Å². The minimum Gasteiger partial charge on any atom is -0.497 e. The molecule has 7 heteroatoms. The van der Waals surface area contributed by atoms with E-state index in [4.69, 9.17) is 14.1 Å². The van der Waals surface area contributed by atoms with Gasteiger partial charge in [0.2, 0.25) is 0 Å². The molecule has 21 heavy (non-hydrogen) atoms. The zero-order chi connectivity index (χ0) is 16.4. The first-order valence-electron chi connectivity index (χ1n) is 6.53. The third-order valence-electron chi connectivity index (χ3n) is 3.65. The van der Waals surface area contributed by atoms with Crippen molar-refractivity contribution in [1.29, 1.82) is 0 Å². The van der Waals surface area contributed by atoms with Gasteiger partial charge in [-0.15, -0.1) is 0 Å². The smallest absolute Gasteiger partial charge is 0.495 e. The molecule has 0 aliphatic rings. The lowest BCUT2D eigenvalue weighted by Crippen LogP contribution is -2.53. The highest BCUT2D eigenvalue weighted by Gasteiger charge is 2.40. The summed E-state index contributed by atoms with van der Waals surface area (Å²) in [4.78, 5) is 0. The lowest BCUT2D eigenvalue weighted by atomic mass is 9.76. The van der Waals surface area contributed by atoms with Gasteiger partial charge in [0.05, 0.1) is 29.9 Å². The van der Waals surface area contributed by atoms with Crippen LogP contribution in [0.4, 0.5) is 0 Å². The number of ether oxygens (including phenoxy) is 2. The Morgan fingerprint density at radius 2 is 1.57 bits per heavy atom. The monoisotopic (exact) mass is 360 g/mol. The van der Waals surface area contributed by atoms with E-state index >= 15 is 0 Å². The average molecular weight is 361 g/mol. The van der Waals surface area contributed by atoms with Crippen LogP contribution in [0, 0.1) is 0 Å². The van der Waals surface area contributed by atoms with Crippen LogP contribution in [0.3, 0.4) is 0 Å². The van der Waals surface area contributed by atoms with Crippen molar-refractivity contribution in [3.8, 4) is 11.5 Å². The number of hydrogen-bond acceptors (Lipinski definition) is 5. The Labute approximate surface area is 134 Å². The van der Waals surface area contributed by atoms with Gasteiger partial charge in [-0.1, -0.05) is 0 Å². The van der Waals surface area contributed by atoms with Crippen LogP contribution in [0.2, 0.25) is 0 Å². The molecule has 0 aliphatic heterocycles. The summed E-state index contributed by atoms with van der Waals surface area (Å²) in [5, 5.41) is 20.5. The molecule has 0 radical (unpaired) electrons. The van der Waals surface area contributed by atoms with Gasteiger partial charge in [0.15, 0.2) is 0 Å². The fraction of sp³-hybridized carbons (Fsp3) is 0.571. The third-order valence-corrected chi connectivity index (χ3v) is 4.27. The molecular formula is C14H22BBrO5. The molecule has 0 heterocycles. The van der Waals surface area contributed by atoms with Gasteiger partial charge < -0.3 is 24.3 Å². The lowest BCUT2D eigenvalue weighted by molar-refractivity contribution is -0.0983. The van der Waals surface area contributed by atoms with E-state index in [2.05, 4.69) is 15.9 Å². The normalized spacial score (nSPS) is 12.2. The molecule has 0 saturated carbocycles. The van der Waals surface area contributed by atoms with E-state index in [9.17, 15) is 10.1 Å². The summed E-state index contributed by atoms with van der Waals surface area (Å²) in [5.41, 5.74) is -1.63. The number of halogens is 1. The van der Waals surface area contributed by atoms with Gasteiger partial charge in [0, 0.05) is 11.5 Å². The van der Waals surface area contributed by atoms with Gasteiger partial charge in [-0.25, -0.2) is 0 Å². The Hall–Kier alpha value is -0.755. The van der Waals surface area contributed by atoms with Crippen LogP contribution in [0.5, 0.6) is 11.5 Å². The summed E-state index contributed by atoms with van der Waals surface area (Å²) in [5.74, 6) is 1.03. The molecular weight excluding hydrogens is 339 g/mol. The Bertz CT molecular complexity index is 499. The standard InChI is InChI=1S/C14H22BBrO5/c1-13(2,17)14(3,4)21-15(18)9-7-10(16)12(20-6)8-11(9)19-5/h7-8,17-18H,1-6H3. The lowest BCUT2D eigenvalue weighted by Gasteiger charge is -2.38. The Morgan fingerprint density at radius 1 is 1.05 bits per heavy atom. The van der Waals surface area contributed by atoms with Crippen molar-refractivity contribution in [3.63, 3.8) is 0 Å².